The maximum atomic E-state index is 11.2. The van der Waals surface area contributed by atoms with Gasteiger partial charge in [0.25, 0.3) is 5.91 Å². The van der Waals surface area contributed by atoms with Crippen molar-refractivity contribution in [1.29, 1.82) is 0 Å². The molecular formula is C13H18N2O3. The normalized spacial score (nSPS) is 13.7. The molecule has 0 unspecified atom stereocenters. The lowest BCUT2D eigenvalue weighted by Crippen LogP contribution is -2.25. The Balaban J connectivity index is 1.86. The van der Waals surface area contributed by atoms with Crippen molar-refractivity contribution in [2.45, 2.75) is 13.5 Å². The van der Waals surface area contributed by atoms with Gasteiger partial charge in [0.15, 0.2) is 6.61 Å². The quantitative estimate of drug-likeness (QED) is 0.743. The molecule has 98 valence electrons. The van der Waals surface area contributed by atoms with Crippen LogP contribution in [0.25, 0.3) is 0 Å². The number of carbonyl (C=O) groups excluding carboxylic acids is 1. The standard InChI is InChI=1S/C13H18N2O3/c1-2-17-6-5-14-8-10-3-4-12-11(7-10)15-13(16)9-18-12/h3-4,7,14H,2,5-6,8-9H2,1H3,(H,15,16). The van der Waals surface area contributed by atoms with Crippen molar-refractivity contribution in [2.24, 2.45) is 0 Å². The Kier molecular flexibility index (Phi) is 4.55. The van der Waals surface area contributed by atoms with E-state index in [-0.39, 0.29) is 12.5 Å². The van der Waals surface area contributed by atoms with Crippen molar-refractivity contribution in [1.82, 2.24) is 5.32 Å². The summed E-state index contributed by atoms with van der Waals surface area (Å²) in [6, 6.07) is 5.80. The van der Waals surface area contributed by atoms with E-state index in [2.05, 4.69) is 10.6 Å². The van der Waals surface area contributed by atoms with Crippen LogP contribution in [-0.2, 0) is 16.1 Å². The highest BCUT2D eigenvalue weighted by atomic mass is 16.5. The summed E-state index contributed by atoms with van der Waals surface area (Å²) in [4.78, 5) is 11.2. The molecular weight excluding hydrogens is 232 g/mol. The average molecular weight is 250 g/mol. The van der Waals surface area contributed by atoms with E-state index in [1.807, 2.05) is 25.1 Å². The molecule has 1 aromatic carbocycles. The molecule has 0 bridgehead atoms. The van der Waals surface area contributed by atoms with Gasteiger partial charge in [0.1, 0.15) is 5.75 Å². The molecule has 0 atom stereocenters. The molecule has 18 heavy (non-hydrogen) atoms. The number of amides is 1. The molecule has 0 saturated heterocycles. The predicted octanol–water partition coefficient (Wildman–Crippen LogP) is 1.14. The summed E-state index contributed by atoms with van der Waals surface area (Å²) >= 11 is 0. The molecule has 0 radical (unpaired) electrons. The lowest BCUT2D eigenvalue weighted by Gasteiger charge is -2.18. The zero-order valence-electron chi connectivity index (χ0n) is 10.5. The number of hydrogen-bond donors (Lipinski definition) is 2. The van der Waals surface area contributed by atoms with Gasteiger partial charge in [-0.1, -0.05) is 6.07 Å². The minimum atomic E-state index is -0.107. The third-order valence-electron chi connectivity index (χ3n) is 2.63. The van der Waals surface area contributed by atoms with Crippen molar-refractivity contribution < 1.29 is 14.3 Å². The van der Waals surface area contributed by atoms with Gasteiger partial charge in [0.05, 0.1) is 12.3 Å². The second kappa shape index (κ2) is 6.37. The van der Waals surface area contributed by atoms with E-state index in [9.17, 15) is 4.79 Å². The SMILES string of the molecule is CCOCCNCc1ccc2c(c1)NC(=O)CO2. The fourth-order valence-corrected chi connectivity index (χ4v) is 1.76. The van der Waals surface area contributed by atoms with Gasteiger partial charge in [-0.15, -0.1) is 0 Å². The van der Waals surface area contributed by atoms with Gasteiger partial charge in [-0.3, -0.25) is 4.79 Å². The fourth-order valence-electron chi connectivity index (χ4n) is 1.76. The van der Waals surface area contributed by atoms with Crippen LogP contribution in [0.5, 0.6) is 5.75 Å². The van der Waals surface area contributed by atoms with Crippen molar-refractivity contribution in [3.63, 3.8) is 0 Å². The summed E-state index contributed by atoms with van der Waals surface area (Å²) in [6.45, 7) is 5.08. The molecule has 1 aliphatic rings. The van der Waals surface area contributed by atoms with Gasteiger partial charge >= 0.3 is 0 Å². The third-order valence-corrected chi connectivity index (χ3v) is 2.63. The van der Waals surface area contributed by atoms with E-state index in [1.165, 1.54) is 0 Å². The predicted molar refractivity (Wildman–Crippen MR) is 68.8 cm³/mol. The summed E-state index contributed by atoms with van der Waals surface area (Å²) in [5.41, 5.74) is 1.85. The van der Waals surface area contributed by atoms with Gasteiger partial charge in [0, 0.05) is 19.7 Å². The van der Waals surface area contributed by atoms with E-state index in [1.54, 1.807) is 0 Å². The molecule has 2 N–H and O–H groups in total. The van der Waals surface area contributed by atoms with Crippen molar-refractivity contribution in [3.05, 3.63) is 23.8 Å². The van der Waals surface area contributed by atoms with E-state index in [0.717, 1.165) is 36.7 Å². The van der Waals surface area contributed by atoms with Gasteiger partial charge in [-0.05, 0) is 24.6 Å². The van der Waals surface area contributed by atoms with Crippen LogP contribution >= 0.6 is 0 Å². The van der Waals surface area contributed by atoms with Crippen LogP contribution < -0.4 is 15.4 Å². The number of rotatable bonds is 6. The molecule has 5 heteroatoms. The number of benzene rings is 1. The zero-order valence-corrected chi connectivity index (χ0v) is 10.5. The Bertz CT molecular complexity index is 421. The molecule has 0 spiro atoms. The Morgan fingerprint density at radius 2 is 2.39 bits per heavy atom. The summed E-state index contributed by atoms with van der Waals surface area (Å²) in [5, 5.41) is 6.07. The zero-order chi connectivity index (χ0) is 12.8. The van der Waals surface area contributed by atoms with Crippen LogP contribution in [-0.4, -0.2) is 32.3 Å². The maximum absolute atomic E-state index is 11.2. The highest BCUT2D eigenvalue weighted by Crippen LogP contribution is 2.28. The smallest absolute Gasteiger partial charge is 0.262 e. The van der Waals surface area contributed by atoms with E-state index < -0.39 is 0 Å². The number of anilines is 1. The maximum Gasteiger partial charge on any atom is 0.262 e. The average Bonchev–Trinajstić information content (AvgIpc) is 2.38. The van der Waals surface area contributed by atoms with E-state index in [0.29, 0.717) is 6.61 Å². The second-order valence-electron chi connectivity index (χ2n) is 4.04. The van der Waals surface area contributed by atoms with Crippen LogP contribution in [0.3, 0.4) is 0 Å². The lowest BCUT2D eigenvalue weighted by atomic mass is 10.1. The monoisotopic (exact) mass is 250 g/mol. The topological polar surface area (TPSA) is 59.6 Å². The first-order valence-electron chi connectivity index (χ1n) is 6.13. The molecule has 1 heterocycles. The summed E-state index contributed by atoms with van der Waals surface area (Å²) < 4.78 is 10.5. The second-order valence-corrected chi connectivity index (χ2v) is 4.04. The summed E-state index contributed by atoms with van der Waals surface area (Å²) in [6.07, 6.45) is 0. The molecule has 0 saturated carbocycles. The minimum Gasteiger partial charge on any atom is -0.482 e. The van der Waals surface area contributed by atoms with Gasteiger partial charge in [-0.2, -0.15) is 0 Å². The molecule has 5 nitrogen and oxygen atoms in total. The Labute approximate surface area is 106 Å². The highest BCUT2D eigenvalue weighted by Gasteiger charge is 2.15. The van der Waals surface area contributed by atoms with E-state index in [4.69, 9.17) is 9.47 Å². The van der Waals surface area contributed by atoms with Crippen molar-refractivity contribution in [3.8, 4) is 5.75 Å². The molecule has 1 amide bonds. The van der Waals surface area contributed by atoms with Crippen LogP contribution in [0.4, 0.5) is 5.69 Å². The van der Waals surface area contributed by atoms with Crippen LogP contribution in [0.2, 0.25) is 0 Å². The molecule has 1 aliphatic heterocycles. The summed E-state index contributed by atoms with van der Waals surface area (Å²) in [7, 11) is 0. The Morgan fingerprint density at radius 3 is 3.22 bits per heavy atom. The number of hydrogen-bond acceptors (Lipinski definition) is 4. The molecule has 1 aromatic rings. The van der Waals surface area contributed by atoms with Gasteiger partial charge in [0.2, 0.25) is 0 Å². The number of ether oxygens (including phenoxy) is 2. The number of carbonyl (C=O) groups is 1. The van der Waals surface area contributed by atoms with Gasteiger partial charge in [-0.25, -0.2) is 0 Å². The first-order chi connectivity index (χ1) is 8.79. The van der Waals surface area contributed by atoms with E-state index >= 15 is 0 Å². The Hall–Kier alpha value is -1.59. The molecule has 0 fully saturated rings. The minimum absolute atomic E-state index is 0.0962. The molecule has 2 rings (SSSR count). The summed E-state index contributed by atoms with van der Waals surface area (Å²) in [5.74, 6) is 0.622. The van der Waals surface area contributed by atoms with Crippen molar-refractivity contribution >= 4 is 11.6 Å². The lowest BCUT2D eigenvalue weighted by molar-refractivity contribution is -0.118. The molecule has 0 aliphatic carbocycles. The van der Waals surface area contributed by atoms with Crippen molar-refractivity contribution in [2.75, 3.05) is 31.7 Å². The number of nitrogens with one attached hydrogen (secondary N) is 2. The largest absolute Gasteiger partial charge is 0.482 e. The number of fused-ring (bicyclic) bond motifs is 1. The van der Waals surface area contributed by atoms with Crippen LogP contribution in [0, 0.1) is 0 Å². The first kappa shape index (κ1) is 12.9. The van der Waals surface area contributed by atoms with Crippen LogP contribution in [0.15, 0.2) is 18.2 Å². The van der Waals surface area contributed by atoms with Crippen LogP contribution in [0.1, 0.15) is 12.5 Å². The van der Waals surface area contributed by atoms with Gasteiger partial charge < -0.3 is 20.1 Å². The highest BCUT2D eigenvalue weighted by molar-refractivity contribution is 5.95. The molecule has 0 aromatic heterocycles. The Morgan fingerprint density at radius 1 is 1.50 bits per heavy atom. The first-order valence-corrected chi connectivity index (χ1v) is 6.13. The third kappa shape index (κ3) is 3.45. The fraction of sp³-hybridized carbons (Fsp3) is 0.462.